The van der Waals surface area contributed by atoms with Crippen molar-refractivity contribution in [3.8, 4) is 5.75 Å². The first-order valence-corrected chi connectivity index (χ1v) is 8.40. The third-order valence-corrected chi connectivity index (χ3v) is 4.22. The minimum atomic E-state index is -0.199. The van der Waals surface area contributed by atoms with Gasteiger partial charge in [0.25, 0.3) is 5.91 Å². The second kappa shape index (κ2) is 7.38. The van der Waals surface area contributed by atoms with Crippen LogP contribution in [0.25, 0.3) is 0 Å². The number of carbonyl (C=O) groups excluding carboxylic acids is 2. The van der Waals surface area contributed by atoms with Gasteiger partial charge in [-0.25, -0.2) is 4.98 Å². The molecule has 2 heterocycles. The lowest BCUT2D eigenvalue weighted by molar-refractivity contribution is -0.114. The topological polar surface area (TPSA) is 85.2 Å². The van der Waals surface area contributed by atoms with E-state index in [1.807, 2.05) is 4.57 Å². The number of aromatic nitrogens is 2. The highest BCUT2D eigenvalue weighted by Gasteiger charge is 2.18. The number of methoxy groups -OCH3 is 1. The fourth-order valence-electron chi connectivity index (χ4n) is 3.03. The van der Waals surface area contributed by atoms with E-state index in [1.54, 1.807) is 24.4 Å². The molecule has 3 rings (SSSR count). The number of benzene rings is 1. The number of anilines is 2. The van der Waals surface area contributed by atoms with Crippen LogP contribution in [0.4, 0.5) is 11.4 Å². The maximum atomic E-state index is 12.6. The average molecular weight is 342 g/mol. The summed E-state index contributed by atoms with van der Waals surface area (Å²) >= 11 is 0. The van der Waals surface area contributed by atoms with E-state index in [1.165, 1.54) is 14.0 Å². The standard InChI is InChI=1S/C18H22N4O3/c1-12(23)20-14-8-7-13(10-16(14)25-2)21-18(24)15-11-19-17-6-4-3-5-9-22(15)17/h7-8,10-11H,3-6,9H2,1-2H3,(H,20,23)(H,21,24). The summed E-state index contributed by atoms with van der Waals surface area (Å²) < 4.78 is 7.29. The highest BCUT2D eigenvalue weighted by Crippen LogP contribution is 2.28. The van der Waals surface area contributed by atoms with E-state index in [4.69, 9.17) is 4.74 Å². The Balaban J connectivity index is 1.79. The summed E-state index contributed by atoms with van der Waals surface area (Å²) in [6.45, 7) is 2.25. The van der Waals surface area contributed by atoms with Gasteiger partial charge in [-0.3, -0.25) is 9.59 Å². The van der Waals surface area contributed by atoms with E-state index >= 15 is 0 Å². The molecule has 0 unspecified atom stereocenters. The number of hydrogen-bond acceptors (Lipinski definition) is 4. The van der Waals surface area contributed by atoms with Gasteiger partial charge in [0.2, 0.25) is 5.91 Å². The molecule has 0 fully saturated rings. The Morgan fingerprint density at radius 2 is 2.04 bits per heavy atom. The highest BCUT2D eigenvalue weighted by atomic mass is 16.5. The smallest absolute Gasteiger partial charge is 0.273 e. The van der Waals surface area contributed by atoms with Crippen LogP contribution in [0.15, 0.2) is 24.4 Å². The Hall–Kier alpha value is -2.83. The first kappa shape index (κ1) is 17.0. The number of nitrogens with zero attached hydrogens (tertiary/aromatic N) is 2. The SMILES string of the molecule is COc1cc(NC(=O)c2cnc3n2CCCCC3)ccc1NC(C)=O. The van der Waals surface area contributed by atoms with E-state index < -0.39 is 0 Å². The van der Waals surface area contributed by atoms with Gasteiger partial charge in [0.15, 0.2) is 0 Å². The molecule has 7 nitrogen and oxygen atoms in total. The predicted octanol–water partition coefficient (Wildman–Crippen LogP) is 2.83. The Bertz CT molecular complexity index is 798. The molecule has 2 amide bonds. The molecule has 0 aliphatic carbocycles. The molecule has 0 spiro atoms. The van der Waals surface area contributed by atoms with Gasteiger partial charge in [0.1, 0.15) is 17.3 Å². The number of aryl methyl sites for hydroxylation is 1. The van der Waals surface area contributed by atoms with Crippen LogP contribution in [0.5, 0.6) is 5.75 Å². The van der Waals surface area contributed by atoms with Gasteiger partial charge in [-0.1, -0.05) is 6.42 Å². The summed E-state index contributed by atoms with van der Waals surface area (Å²) in [5, 5.41) is 5.57. The highest BCUT2D eigenvalue weighted by molar-refractivity contribution is 6.03. The fraction of sp³-hybridized carbons (Fsp3) is 0.389. The van der Waals surface area contributed by atoms with Crippen molar-refractivity contribution >= 4 is 23.2 Å². The fourth-order valence-corrected chi connectivity index (χ4v) is 3.03. The van der Waals surface area contributed by atoms with Crippen LogP contribution in [0, 0.1) is 0 Å². The number of nitrogens with one attached hydrogen (secondary N) is 2. The monoisotopic (exact) mass is 342 g/mol. The van der Waals surface area contributed by atoms with Crippen molar-refractivity contribution in [2.45, 2.75) is 39.2 Å². The summed E-state index contributed by atoms with van der Waals surface area (Å²) in [5.74, 6) is 1.08. The zero-order valence-electron chi connectivity index (χ0n) is 14.5. The number of ether oxygens (including phenoxy) is 1. The maximum Gasteiger partial charge on any atom is 0.273 e. The first-order valence-electron chi connectivity index (χ1n) is 8.40. The summed E-state index contributed by atoms with van der Waals surface area (Å²) in [6, 6.07) is 5.11. The van der Waals surface area contributed by atoms with Crippen molar-refractivity contribution in [2.75, 3.05) is 17.7 Å². The first-order chi connectivity index (χ1) is 12.1. The lowest BCUT2D eigenvalue weighted by Crippen LogP contribution is -2.18. The Morgan fingerprint density at radius 3 is 2.80 bits per heavy atom. The molecule has 0 radical (unpaired) electrons. The van der Waals surface area contributed by atoms with Crippen molar-refractivity contribution in [2.24, 2.45) is 0 Å². The number of amides is 2. The van der Waals surface area contributed by atoms with Crippen molar-refractivity contribution in [1.82, 2.24) is 9.55 Å². The van der Waals surface area contributed by atoms with Gasteiger partial charge in [-0.05, 0) is 25.0 Å². The van der Waals surface area contributed by atoms with Gasteiger partial charge in [-0.2, -0.15) is 0 Å². The summed E-state index contributed by atoms with van der Waals surface area (Å²) in [4.78, 5) is 28.2. The molecule has 0 saturated heterocycles. The lowest BCUT2D eigenvalue weighted by atomic mass is 10.2. The van der Waals surface area contributed by atoms with Gasteiger partial charge in [0, 0.05) is 31.6 Å². The van der Waals surface area contributed by atoms with Gasteiger partial charge >= 0.3 is 0 Å². The van der Waals surface area contributed by atoms with Crippen LogP contribution < -0.4 is 15.4 Å². The van der Waals surface area contributed by atoms with Crippen LogP contribution in [0.2, 0.25) is 0 Å². The molecule has 1 aromatic heterocycles. The van der Waals surface area contributed by atoms with Crippen LogP contribution in [0.1, 0.15) is 42.5 Å². The van der Waals surface area contributed by atoms with Crippen molar-refractivity contribution in [3.63, 3.8) is 0 Å². The Morgan fingerprint density at radius 1 is 1.20 bits per heavy atom. The second-order valence-electron chi connectivity index (χ2n) is 6.07. The van der Waals surface area contributed by atoms with Crippen molar-refractivity contribution in [3.05, 3.63) is 35.9 Å². The van der Waals surface area contributed by atoms with Crippen LogP contribution in [0.3, 0.4) is 0 Å². The summed E-state index contributed by atoms with van der Waals surface area (Å²) in [6.07, 6.45) is 5.88. The third kappa shape index (κ3) is 3.81. The molecule has 1 aromatic carbocycles. The van der Waals surface area contributed by atoms with Crippen molar-refractivity contribution in [1.29, 1.82) is 0 Å². The summed E-state index contributed by atoms with van der Waals surface area (Å²) in [5.41, 5.74) is 1.73. The molecular weight excluding hydrogens is 320 g/mol. The number of fused-ring (bicyclic) bond motifs is 1. The molecule has 0 saturated carbocycles. The number of rotatable bonds is 4. The number of hydrogen-bond donors (Lipinski definition) is 2. The van der Waals surface area contributed by atoms with E-state index in [9.17, 15) is 9.59 Å². The molecule has 2 N–H and O–H groups in total. The molecule has 25 heavy (non-hydrogen) atoms. The number of imidazole rings is 1. The second-order valence-corrected chi connectivity index (χ2v) is 6.07. The molecule has 2 aromatic rings. The van der Waals surface area contributed by atoms with Crippen LogP contribution in [-0.2, 0) is 17.8 Å². The Kier molecular flexibility index (Phi) is 5.02. The molecule has 132 valence electrons. The maximum absolute atomic E-state index is 12.6. The minimum absolute atomic E-state index is 0.183. The number of carbonyl (C=O) groups is 2. The largest absolute Gasteiger partial charge is 0.494 e. The van der Waals surface area contributed by atoms with Crippen LogP contribution in [-0.4, -0.2) is 28.5 Å². The van der Waals surface area contributed by atoms with E-state index in [0.717, 1.165) is 38.1 Å². The van der Waals surface area contributed by atoms with E-state index in [-0.39, 0.29) is 11.8 Å². The molecule has 7 heteroatoms. The summed E-state index contributed by atoms with van der Waals surface area (Å²) in [7, 11) is 1.52. The van der Waals surface area contributed by atoms with Gasteiger partial charge in [0.05, 0.1) is 19.0 Å². The molecular formula is C18H22N4O3. The zero-order chi connectivity index (χ0) is 17.8. The predicted molar refractivity (Wildman–Crippen MR) is 95.0 cm³/mol. The van der Waals surface area contributed by atoms with Crippen LogP contribution >= 0.6 is 0 Å². The average Bonchev–Trinajstić information content (AvgIpc) is 2.84. The third-order valence-electron chi connectivity index (χ3n) is 4.22. The van der Waals surface area contributed by atoms with Gasteiger partial charge in [-0.15, -0.1) is 0 Å². The normalized spacial score (nSPS) is 13.5. The minimum Gasteiger partial charge on any atom is -0.494 e. The van der Waals surface area contributed by atoms with E-state index in [2.05, 4.69) is 15.6 Å². The molecule has 0 bridgehead atoms. The molecule has 0 atom stereocenters. The molecule has 1 aliphatic heterocycles. The molecule has 1 aliphatic rings. The van der Waals surface area contributed by atoms with Crippen molar-refractivity contribution < 1.29 is 14.3 Å². The van der Waals surface area contributed by atoms with E-state index in [0.29, 0.717) is 22.8 Å². The van der Waals surface area contributed by atoms with Gasteiger partial charge < -0.3 is 19.9 Å². The Labute approximate surface area is 146 Å². The quantitative estimate of drug-likeness (QED) is 0.895. The lowest BCUT2D eigenvalue weighted by Gasteiger charge is -2.13. The zero-order valence-corrected chi connectivity index (χ0v) is 14.5.